The van der Waals surface area contributed by atoms with Crippen LogP contribution in [0, 0.1) is 5.92 Å². The van der Waals surface area contributed by atoms with Crippen molar-refractivity contribution in [2.45, 2.75) is 37.2 Å². The maximum atomic E-state index is 12.3. The van der Waals surface area contributed by atoms with Gasteiger partial charge in [0.2, 0.25) is 5.91 Å². The summed E-state index contributed by atoms with van der Waals surface area (Å²) in [5.74, 6) is 0.0841. The molecule has 0 aliphatic carbocycles. The number of aliphatic hydroxyl groups excluding tert-OH is 1. The minimum absolute atomic E-state index is 0.113. The minimum Gasteiger partial charge on any atom is -0.391 e. The van der Waals surface area contributed by atoms with E-state index in [2.05, 4.69) is 0 Å². The van der Waals surface area contributed by atoms with Crippen molar-refractivity contribution in [1.82, 2.24) is 4.90 Å². The first-order valence-corrected chi connectivity index (χ1v) is 7.76. The van der Waals surface area contributed by atoms with Crippen LogP contribution in [0.2, 0.25) is 0 Å². The molecular weight excluding hydrogens is 274 g/mol. The lowest BCUT2D eigenvalue weighted by Gasteiger charge is -2.53. The summed E-state index contributed by atoms with van der Waals surface area (Å²) in [7, 11) is 0.219. The van der Waals surface area contributed by atoms with E-state index in [4.69, 9.17) is 11.6 Å². The van der Waals surface area contributed by atoms with Crippen LogP contribution in [0.25, 0.3) is 0 Å². The molecule has 6 heteroatoms. The molecule has 2 heterocycles. The van der Waals surface area contributed by atoms with Gasteiger partial charge in [-0.3, -0.25) is 9.00 Å². The lowest BCUT2D eigenvalue weighted by molar-refractivity contribution is -0.155. The third kappa shape index (κ3) is 1.53. The van der Waals surface area contributed by atoms with Crippen molar-refractivity contribution in [2.75, 3.05) is 12.9 Å². The first-order valence-electron chi connectivity index (χ1n) is 6.01. The SMILES string of the molecule is CC(C)[C@H](O)[C@]12C(=O)N(C)[C@H]1C(CCCl)=CS2=O. The van der Waals surface area contributed by atoms with E-state index in [1.807, 2.05) is 13.8 Å². The molecule has 4 nitrogen and oxygen atoms in total. The number of carbonyl (C=O) groups is 1. The molecule has 0 radical (unpaired) electrons. The Morgan fingerprint density at radius 3 is 2.72 bits per heavy atom. The monoisotopic (exact) mass is 291 g/mol. The van der Waals surface area contributed by atoms with Crippen LogP contribution < -0.4 is 0 Å². The van der Waals surface area contributed by atoms with Crippen molar-refractivity contribution in [3.05, 3.63) is 11.0 Å². The van der Waals surface area contributed by atoms with Gasteiger partial charge in [0.1, 0.15) is 0 Å². The quantitative estimate of drug-likeness (QED) is 0.617. The highest BCUT2D eigenvalue weighted by Crippen LogP contribution is 2.49. The zero-order valence-electron chi connectivity index (χ0n) is 10.7. The molecule has 1 fully saturated rings. The van der Waals surface area contributed by atoms with Gasteiger partial charge >= 0.3 is 0 Å². The summed E-state index contributed by atoms with van der Waals surface area (Å²) in [5.41, 5.74) is 0.908. The number of likely N-dealkylation sites (N-methyl/N-ethyl adjacent to an activating group) is 1. The largest absolute Gasteiger partial charge is 0.391 e. The summed E-state index contributed by atoms with van der Waals surface area (Å²) >= 11 is 5.73. The highest BCUT2D eigenvalue weighted by molar-refractivity contribution is 7.90. The summed E-state index contributed by atoms with van der Waals surface area (Å²) in [6, 6.07) is -0.262. The van der Waals surface area contributed by atoms with Crippen molar-refractivity contribution in [3.8, 4) is 0 Å². The van der Waals surface area contributed by atoms with Gasteiger partial charge in [-0.2, -0.15) is 0 Å². The van der Waals surface area contributed by atoms with E-state index in [-0.39, 0.29) is 17.9 Å². The number of fused-ring (bicyclic) bond motifs is 1. The summed E-state index contributed by atoms with van der Waals surface area (Å²) in [6.07, 6.45) is -0.293. The van der Waals surface area contributed by atoms with Crippen LogP contribution in [0.4, 0.5) is 0 Å². The topological polar surface area (TPSA) is 57.6 Å². The van der Waals surface area contributed by atoms with Gasteiger partial charge in [0, 0.05) is 18.3 Å². The van der Waals surface area contributed by atoms with E-state index < -0.39 is 21.7 Å². The van der Waals surface area contributed by atoms with Crippen molar-refractivity contribution < 1.29 is 14.1 Å². The van der Waals surface area contributed by atoms with Crippen LogP contribution in [0.1, 0.15) is 20.3 Å². The van der Waals surface area contributed by atoms with Gasteiger partial charge in [-0.05, 0) is 17.9 Å². The van der Waals surface area contributed by atoms with E-state index in [1.165, 1.54) is 0 Å². The van der Waals surface area contributed by atoms with Crippen LogP contribution in [-0.2, 0) is 15.6 Å². The number of hydrogen-bond donors (Lipinski definition) is 1. The Kier molecular flexibility index (Phi) is 3.60. The molecule has 2 aliphatic heterocycles. The second kappa shape index (κ2) is 4.62. The van der Waals surface area contributed by atoms with Gasteiger partial charge in [0.05, 0.1) is 22.9 Å². The Hall–Kier alpha value is -0.390. The lowest BCUT2D eigenvalue weighted by atomic mass is 9.75. The first-order chi connectivity index (χ1) is 8.38. The van der Waals surface area contributed by atoms with E-state index >= 15 is 0 Å². The molecule has 2 rings (SSSR count). The Morgan fingerprint density at radius 2 is 2.22 bits per heavy atom. The van der Waals surface area contributed by atoms with Gasteiger partial charge in [-0.1, -0.05) is 13.8 Å². The fourth-order valence-corrected chi connectivity index (χ4v) is 5.25. The van der Waals surface area contributed by atoms with E-state index in [0.717, 1.165) is 5.57 Å². The molecule has 1 amide bonds. The maximum absolute atomic E-state index is 12.3. The lowest BCUT2D eigenvalue weighted by Crippen LogP contribution is -2.77. The van der Waals surface area contributed by atoms with Crippen LogP contribution in [-0.4, -0.2) is 49.9 Å². The normalized spacial score (nSPS) is 36.4. The molecule has 0 spiro atoms. The highest BCUT2D eigenvalue weighted by atomic mass is 35.5. The van der Waals surface area contributed by atoms with E-state index in [0.29, 0.717) is 12.3 Å². The third-order valence-corrected chi connectivity index (χ3v) is 5.86. The van der Waals surface area contributed by atoms with E-state index in [1.54, 1.807) is 17.4 Å². The standard InChI is InChI=1S/C12H18ClNO3S/c1-7(2)10(15)12-9(14(3)11(12)16)8(4-5-13)6-18(12)17/h6-7,9-10,15H,4-5H2,1-3H3/t9-,10-,12-,18?/m0/s1. The number of β-lactam (4-membered cyclic amide) rings is 1. The molecule has 2 aliphatic rings. The average molecular weight is 292 g/mol. The molecule has 0 aromatic heterocycles. The molecule has 0 saturated carbocycles. The zero-order chi connectivity index (χ0) is 13.7. The number of nitrogens with zero attached hydrogens (tertiary/aromatic N) is 1. The van der Waals surface area contributed by atoms with Crippen LogP contribution in [0.15, 0.2) is 11.0 Å². The van der Waals surface area contributed by atoms with Gasteiger partial charge < -0.3 is 10.0 Å². The number of alkyl halides is 1. The van der Waals surface area contributed by atoms with Crippen molar-refractivity contribution >= 4 is 28.3 Å². The molecule has 102 valence electrons. The maximum Gasteiger partial charge on any atom is 0.247 e. The Balaban J connectivity index is 2.41. The predicted octanol–water partition coefficient (Wildman–Crippen LogP) is 0.858. The molecule has 0 aromatic carbocycles. The van der Waals surface area contributed by atoms with Gasteiger partial charge in [0.15, 0.2) is 4.75 Å². The Bertz CT molecular complexity index is 437. The summed E-state index contributed by atoms with van der Waals surface area (Å²) in [6.45, 7) is 3.66. The predicted molar refractivity (Wildman–Crippen MR) is 71.7 cm³/mol. The summed E-state index contributed by atoms with van der Waals surface area (Å²) < 4.78 is 11.2. The summed E-state index contributed by atoms with van der Waals surface area (Å²) in [5, 5.41) is 12.0. The summed E-state index contributed by atoms with van der Waals surface area (Å²) in [4.78, 5) is 13.7. The first kappa shape index (κ1) is 14.0. The number of hydrogen-bond acceptors (Lipinski definition) is 3. The highest BCUT2D eigenvalue weighted by Gasteiger charge is 2.70. The molecule has 0 bridgehead atoms. The van der Waals surface area contributed by atoms with Crippen LogP contribution in [0.5, 0.6) is 0 Å². The number of rotatable bonds is 4. The fourth-order valence-electron chi connectivity index (χ4n) is 2.96. The van der Waals surface area contributed by atoms with Gasteiger partial charge in [0.25, 0.3) is 0 Å². The van der Waals surface area contributed by atoms with Gasteiger partial charge in [-0.25, -0.2) is 0 Å². The molecule has 1 unspecified atom stereocenters. The fraction of sp³-hybridized carbons (Fsp3) is 0.750. The van der Waals surface area contributed by atoms with Crippen molar-refractivity contribution in [3.63, 3.8) is 0 Å². The second-order valence-electron chi connectivity index (χ2n) is 5.23. The number of aliphatic hydroxyl groups is 1. The number of halogens is 1. The van der Waals surface area contributed by atoms with E-state index in [9.17, 15) is 14.1 Å². The third-order valence-electron chi connectivity index (χ3n) is 3.84. The molecule has 4 atom stereocenters. The molecule has 0 aromatic rings. The zero-order valence-corrected chi connectivity index (χ0v) is 12.3. The van der Waals surface area contributed by atoms with Crippen LogP contribution >= 0.6 is 11.6 Å². The Morgan fingerprint density at radius 1 is 1.61 bits per heavy atom. The molecule has 1 N–H and O–H groups in total. The molecule has 1 saturated heterocycles. The second-order valence-corrected chi connectivity index (χ2v) is 7.11. The number of carbonyl (C=O) groups excluding carboxylic acids is 1. The smallest absolute Gasteiger partial charge is 0.247 e. The minimum atomic E-state index is -1.46. The average Bonchev–Trinajstić information content (AvgIpc) is 2.58. The van der Waals surface area contributed by atoms with Crippen molar-refractivity contribution in [1.29, 1.82) is 0 Å². The Labute approximate surface area is 114 Å². The number of likely N-dealkylation sites (tertiary alicyclic amines) is 1. The van der Waals surface area contributed by atoms with Crippen LogP contribution in [0.3, 0.4) is 0 Å². The molecular formula is C12H18ClNO3S. The van der Waals surface area contributed by atoms with Gasteiger partial charge in [-0.15, -0.1) is 11.6 Å². The van der Waals surface area contributed by atoms with Crippen molar-refractivity contribution in [2.24, 2.45) is 5.92 Å². The molecule has 18 heavy (non-hydrogen) atoms. The number of amides is 1.